The first kappa shape index (κ1) is 16.5. The first-order chi connectivity index (χ1) is 12.6. The van der Waals surface area contributed by atoms with Crippen LogP contribution in [0.25, 0.3) is 0 Å². The van der Waals surface area contributed by atoms with Crippen molar-refractivity contribution in [2.45, 2.75) is 19.8 Å². The highest BCUT2D eigenvalue weighted by atomic mass is 16.2. The molecule has 2 aromatic carbocycles. The first-order valence-corrected chi connectivity index (χ1v) is 8.89. The van der Waals surface area contributed by atoms with Gasteiger partial charge in [0.2, 0.25) is 5.91 Å². The maximum atomic E-state index is 12.8. The largest absolute Gasteiger partial charge is 0.312 e. The van der Waals surface area contributed by atoms with Crippen LogP contribution in [0.1, 0.15) is 39.6 Å². The fraction of sp³-hybridized carbons (Fsp3) is 0.286. The zero-order chi connectivity index (χ0) is 18.3. The second kappa shape index (κ2) is 6.41. The van der Waals surface area contributed by atoms with Gasteiger partial charge in [-0.3, -0.25) is 19.3 Å². The molecule has 0 bridgehead atoms. The molecule has 4 rings (SSSR count). The predicted octanol–water partition coefficient (Wildman–Crippen LogP) is 2.90. The van der Waals surface area contributed by atoms with Crippen LogP contribution in [-0.2, 0) is 11.2 Å². The highest BCUT2D eigenvalue weighted by Crippen LogP contribution is 2.30. The molecule has 2 aliphatic heterocycles. The second-order valence-electron chi connectivity index (χ2n) is 7.00. The van der Waals surface area contributed by atoms with E-state index in [0.717, 1.165) is 12.1 Å². The van der Waals surface area contributed by atoms with Crippen molar-refractivity contribution in [1.29, 1.82) is 0 Å². The number of carbonyl (C=O) groups excluding carboxylic acids is 3. The molecular formula is C21H20N2O3. The minimum atomic E-state index is -0.314. The van der Waals surface area contributed by atoms with Gasteiger partial charge in [-0.05, 0) is 36.1 Å². The van der Waals surface area contributed by atoms with E-state index in [0.29, 0.717) is 23.6 Å². The van der Waals surface area contributed by atoms with Gasteiger partial charge < -0.3 is 4.90 Å². The second-order valence-corrected chi connectivity index (χ2v) is 7.00. The van der Waals surface area contributed by atoms with Gasteiger partial charge in [0.1, 0.15) is 0 Å². The number of nitrogens with zero attached hydrogens (tertiary/aromatic N) is 2. The summed E-state index contributed by atoms with van der Waals surface area (Å²) in [5, 5.41) is 0. The lowest BCUT2D eigenvalue weighted by Crippen LogP contribution is -2.41. The SMILES string of the molecule is CC1Cc2ccccc2N(C(=O)CCN2C(=O)c3ccccc3C2=O)C1. The Labute approximate surface area is 152 Å². The lowest BCUT2D eigenvalue weighted by molar-refractivity contribution is -0.118. The van der Waals surface area contributed by atoms with Gasteiger partial charge in [-0.15, -0.1) is 0 Å². The van der Waals surface area contributed by atoms with Gasteiger partial charge in [0.15, 0.2) is 0 Å². The topological polar surface area (TPSA) is 57.7 Å². The van der Waals surface area contributed by atoms with Crippen LogP contribution in [-0.4, -0.2) is 35.7 Å². The summed E-state index contributed by atoms with van der Waals surface area (Å²) >= 11 is 0. The van der Waals surface area contributed by atoms with Gasteiger partial charge in [-0.2, -0.15) is 0 Å². The predicted molar refractivity (Wildman–Crippen MR) is 98.1 cm³/mol. The standard InChI is InChI=1S/C21H20N2O3/c1-14-12-15-6-2-5-9-18(15)23(13-14)19(24)10-11-22-20(25)16-7-3-4-8-17(16)21(22)26/h2-9,14H,10-13H2,1H3. The normalized spacial score (nSPS) is 18.7. The monoisotopic (exact) mass is 348 g/mol. The summed E-state index contributed by atoms with van der Waals surface area (Å²) in [4.78, 5) is 40.7. The number of carbonyl (C=O) groups is 3. The molecule has 0 N–H and O–H groups in total. The van der Waals surface area contributed by atoms with Crippen molar-refractivity contribution in [3.63, 3.8) is 0 Å². The smallest absolute Gasteiger partial charge is 0.261 e. The number of fused-ring (bicyclic) bond motifs is 2. The zero-order valence-electron chi connectivity index (χ0n) is 14.6. The summed E-state index contributed by atoms with van der Waals surface area (Å²) in [7, 11) is 0. The molecule has 2 heterocycles. The first-order valence-electron chi connectivity index (χ1n) is 8.89. The van der Waals surface area contributed by atoms with Gasteiger partial charge >= 0.3 is 0 Å². The molecule has 26 heavy (non-hydrogen) atoms. The Bertz CT molecular complexity index is 871. The van der Waals surface area contributed by atoms with Gasteiger partial charge in [0, 0.05) is 25.2 Å². The van der Waals surface area contributed by atoms with Crippen molar-refractivity contribution in [3.8, 4) is 0 Å². The minimum absolute atomic E-state index is 0.0550. The van der Waals surface area contributed by atoms with Gasteiger partial charge in [-0.1, -0.05) is 37.3 Å². The summed E-state index contributed by atoms with van der Waals surface area (Å²) in [6.07, 6.45) is 1.09. The number of hydrogen-bond donors (Lipinski definition) is 0. The molecule has 2 aromatic rings. The summed E-state index contributed by atoms with van der Waals surface area (Å²) in [5.74, 6) is -0.301. The lowest BCUT2D eigenvalue weighted by Gasteiger charge is -2.33. The van der Waals surface area contributed by atoms with Crippen molar-refractivity contribution < 1.29 is 14.4 Å². The number of imide groups is 1. The Kier molecular flexibility index (Phi) is 4.07. The molecule has 5 nitrogen and oxygen atoms in total. The van der Waals surface area contributed by atoms with E-state index in [1.165, 1.54) is 10.5 Å². The van der Waals surface area contributed by atoms with Crippen LogP contribution >= 0.6 is 0 Å². The fourth-order valence-electron chi connectivity index (χ4n) is 3.82. The molecule has 0 saturated carbocycles. The van der Waals surface area contributed by atoms with Crippen LogP contribution in [0.4, 0.5) is 5.69 Å². The van der Waals surface area contributed by atoms with Crippen LogP contribution in [0.15, 0.2) is 48.5 Å². The summed E-state index contributed by atoms with van der Waals surface area (Å²) in [6, 6.07) is 14.7. The van der Waals surface area contributed by atoms with E-state index in [4.69, 9.17) is 0 Å². The number of benzene rings is 2. The number of hydrogen-bond acceptors (Lipinski definition) is 3. The number of anilines is 1. The Morgan fingerprint density at radius 3 is 2.31 bits per heavy atom. The van der Waals surface area contributed by atoms with E-state index in [-0.39, 0.29) is 30.7 Å². The molecular weight excluding hydrogens is 328 g/mol. The number of rotatable bonds is 3. The number of amides is 3. The van der Waals surface area contributed by atoms with Crippen LogP contribution in [0, 0.1) is 5.92 Å². The third kappa shape index (κ3) is 2.69. The Morgan fingerprint density at radius 1 is 1.00 bits per heavy atom. The van der Waals surface area contributed by atoms with Gasteiger partial charge in [-0.25, -0.2) is 0 Å². The average Bonchev–Trinajstić information content (AvgIpc) is 2.90. The highest BCUT2D eigenvalue weighted by molar-refractivity contribution is 6.21. The maximum Gasteiger partial charge on any atom is 0.261 e. The summed E-state index contributed by atoms with van der Waals surface area (Å²) < 4.78 is 0. The average molecular weight is 348 g/mol. The molecule has 2 aliphatic rings. The fourth-order valence-corrected chi connectivity index (χ4v) is 3.82. The van der Waals surface area contributed by atoms with E-state index >= 15 is 0 Å². The minimum Gasteiger partial charge on any atom is -0.312 e. The molecule has 0 fully saturated rings. The van der Waals surface area contributed by atoms with Crippen LogP contribution < -0.4 is 4.90 Å². The van der Waals surface area contributed by atoms with Crippen LogP contribution in [0.3, 0.4) is 0 Å². The molecule has 0 radical (unpaired) electrons. The lowest BCUT2D eigenvalue weighted by atomic mass is 9.93. The number of para-hydroxylation sites is 1. The van der Waals surface area contributed by atoms with Crippen molar-refractivity contribution in [3.05, 3.63) is 65.2 Å². The van der Waals surface area contributed by atoms with Gasteiger partial charge in [0.25, 0.3) is 11.8 Å². The molecule has 0 aliphatic carbocycles. The van der Waals surface area contributed by atoms with Crippen molar-refractivity contribution in [2.24, 2.45) is 5.92 Å². The van der Waals surface area contributed by atoms with Crippen LogP contribution in [0.5, 0.6) is 0 Å². The third-order valence-electron chi connectivity index (χ3n) is 5.07. The molecule has 3 amide bonds. The molecule has 1 atom stereocenters. The molecule has 1 unspecified atom stereocenters. The van der Waals surface area contributed by atoms with E-state index in [1.807, 2.05) is 18.2 Å². The van der Waals surface area contributed by atoms with E-state index < -0.39 is 0 Å². The zero-order valence-corrected chi connectivity index (χ0v) is 14.6. The molecule has 0 aromatic heterocycles. The van der Waals surface area contributed by atoms with Crippen molar-refractivity contribution >= 4 is 23.4 Å². The molecule has 0 saturated heterocycles. The van der Waals surface area contributed by atoms with Gasteiger partial charge in [0.05, 0.1) is 11.1 Å². The molecule has 132 valence electrons. The van der Waals surface area contributed by atoms with Crippen molar-refractivity contribution in [1.82, 2.24) is 4.90 Å². The van der Waals surface area contributed by atoms with E-state index in [2.05, 4.69) is 13.0 Å². The Morgan fingerprint density at radius 2 is 1.62 bits per heavy atom. The maximum absolute atomic E-state index is 12.8. The summed E-state index contributed by atoms with van der Waals surface area (Å²) in [5.41, 5.74) is 2.95. The van der Waals surface area contributed by atoms with E-state index in [9.17, 15) is 14.4 Å². The Balaban J connectivity index is 1.49. The molecule has 5 heteroatoms. The van der Waals surface area contributed by atoms with E-state index in [1.54, 1.807) is 29.2 Å². The molecule has 0 spiro atoms. The summed E-state index contributed by atoms with van der Waals surface area (Å²) in [6.45, 7) is 2.90. The quantitative estimate of drug-likeness (QED) is 0.802. The highest BCUT2D eigenvalue weighted by Gasteiger charge is 2.35. The van der Waals surface area contributed by atoms with Crippen molar-refractivity contribution in [2.75, 3.05) is 18.0 Å². The third-order valence-corrected chi connectivity index (χ3v) is 5.07. The Hall–Kier alpha value is -2.95. The van der Waals surface area contributed by atoms with Crippen LogP contribution in [0.2, 0.25) is 0 Å².